The first-order valence-electron chi connectivity index (χ1n) is 5.62. The molecule has 1 saturated heterocycles. The van der Waals surface area contributed by atoms with Crippen LogP contribution >= 0.6 is 0 Å². The van der Waals surface area contributed by atoms with Gasteiger partial charge in [-0.1, -0.05) is 0 Å². The topological polar surface area (TPSA) is 53.6 Å². The molecule has 14 heavy (non-hydrogen) atoms. The highest BCUT2D eigenvalue weighted by Gasteiger charge is 2.48. The molecule has 2 heterocycles. The molecule has 0 atom stereocenters. The van der Waals surface area contributed by atoms with Gasteiger partial charge in [0.15, 0.2) is 5.96 Å². The zero-order valence-electron chi connectivity index (χ0n) is 8.50. The number of aliphatic imine (C=N–C) groups is 1. The van der Waals surface area contributed by atoms with Crippen molar-refractivity contribution in [3.8, 4) is 0 Å². The summed E-state index contributed by atoms with van der Waals surface area (Å²) >= 11 is 0. The molecule has 2 aliphatic heterocycles. The number of nitrogens with two attached hydrogens (primary N) is 1. The Bertz CT molecular complexity index is 263. The molecule has 78 valence electrons. The third-order valence-corrected chi connectivity index (χ3v) is 3.74. The van der Waals surface area contributed by atoms with Crippen molar-refractivity contribution in [1.82, 2.24) is 10.2 Å². The number of rotatable bonds is 1. The Morgan fingerprint density at radius 1 is 1.36 bits per heavy atom. The van der Waals surface area contributed by atoms with Gasteiger partial charge in [0.25, 0.3) is 0 Å². The minimum absolute atomic E-state index is 0.288. The van der Waals surface area contributed by atoms with Crippen LogP contribution in [0.2, 0.25) is 0 Å². The molecule has 3 N–H and O–H groups in total. The fourth-order valence-corrected chi connectivity index (χ4v) is 2.82. The van der Waals surface area contributed by atoms with Crippen molar-refractivity contribution in [2.45, 2.75) is 37.3 Å². The quantitative estimate of drug-likeness (QED) is 0.613. The number of piperidine rings is 1. The minimum atomic E-state index is 0.288. The lowest BCUT2D eigenvalue weighted by Crippen LogP contribution is -2.57. The van der Waals surface area contributed by atoms with Crippen LogP contribution in [-0.2, 0) is 0 Å². The molecule has 0 unspecified atom stereocenters. The van der Waals surface area contributed by atoms with E-state index < -0.39 is 0 Å². The van der Waals surface area contributed by atoms with Crippen molar-refractivity contribution in [3.05, 3.63) is 0 Å². The maximum Gasteiger partial charge on any atom is 0.192 e. The Morgan fingerprint density at radius 3 is 2.71 bits per heavy atom. The Balaban J connectivity index is 1.84. The summed E-state index contributed by atoms with van der Waals surface area (Å²) in [6.45, 7) is 3.16. The normalized spacial score (nSPS) is 30.9. The largest absolute Gasteiger partial charge is 0.370 e. The van der Waals surface area contributed by atoms with E-state index in [9.17, 15) is 0 Å². The van der Waals surface area contributed by atoms with Gasteiger partial charge in [0.2, 0.25) is 0 Å². The van der Waals surface area contributed by atoms with Gasteiger partial charge in [0.1, 0.15) is 0 Å². The lowest BCUT2D eigenvalue weighted by molar-refractivity contribution is 0.144. The monoisotopic (exact) mass is 194 g/mol. The average Bonchev–Trinajstić information content (AvgIpc) is 2.97. The van der Waals surface area contributed by atoms with Gasteiger partial charge in [-0.3, -0.25) is 4.99 Å². The molecule has 0 radical (unpaired) electrons. The van der Waals surface area contributed by atoms with Crippen molar-refractivity contribution in [3.63, 3.8) is 0 Å². The van der Waals surface area contributed by atoms with Crippen molar-refractivity contribution in [1.29, 1.82) is 0 Å². The van der Waals surface area contributed by atoms with E-state index in [0.717, 1.165) is 25.6 Å². The number of nitrogens with one attached hydrogen (secondary N) is 1. The lowest BCUT2D eigenvalue weighted by atomic mass is 9.87. The van der Waals surface area contributed by atoms with Crippen molar-refractivity contribution < 1.29 is 0 Å². The summed E-state index contributed by atoms with van der Waals surface area (Å²) in [7, 11) is 0. The molecule has 4 nitrogen and oxygen atoms in total. The fraction of sp³-hybridized carbons (Fsp3) is 0.900. The van der Waals surface area contributed by atoms with E-state index in [1.165, 1.54) is 25.7 Å². The predicted molar refractivity (Wildman–Crippen MR) is 56.2 cm³/mol. The van der Waals surface area contributed by atoms with E-state index in [1.807, 2.05) is 0 Å². The summed E-state index contributed by atoms with van der Waals surface area (Å²) in [4.78, 5) is 6.87. The first-order chi connectivity index (χ1) is 6.82. The van der Waals surface area contributed by atoms with Crippen molar-refractivity contribution in [2.75, 3.05) is 19.6 Å². The van der Waals surface area contributed by atoms with Crippen LogP contribution in [0.3, 0.4) is 0 Å². The van der Waals surface area contributed by atoms with E-state index in [0.29, 0.717) is 6.04 Å². The molecule has 2 fully saturated rings. The van der Waals surface area contributed by atoms with Gasteiger partial charge in [-0.05, 0) is 38.8 Å². The van der Waals surface area contributed by atoms with Crippen molar-refractivity contribution >= 4 is 5.96 Å². The molecular weight excluding hydrogens is 176 g/mol. The Hall–Kier alpha value is -0.770. The van der Waals surface area contributed by atoms with Crippen LogP contribution in [0.25, 0.3) is 0 Å². The molecular formula is C10H18N4. The van der Waals surface area contributed by atoms with Crippen LogP contribution in [0.4, 0.5) is 0 Å². The summed E-state index contributed by atoms with van der Waals surface area (Å²) in [6.07, 6.45) is 5.03. The maximum atomic E-state index is 5.98. The second kappa shape index (κ2) is 2.86. The van der Waals surface area contributed by atoms with E-state index in [2.05, 4.69) is 15.2 Å². The zero-order chi connectivity index (χ0) is 9.60. The van der Waals surface area contributed by atoms with E-state index in [4.69, 9.17) is 5.73 Å². The van der Waals surface area contributed by atoms with E-state index >= 15 is 0 Å². The van der Waals surface area contributed by atoms with Crippen LogP contribution in [0.1, 0.15) is 25.7 Å². The van der Waals surface area contributed by atoms with Crippen LogP contribution in [0.15, 0.2) is 4.99 Å². The first kappa shape index (κ1) is 8.53. The smallest absolute Gasteiger partial charge is 0.192 e. The van der Waals surface area contributed by atoms with Gasteiger partial charge >= 0.3 is 0 Å². The summed E-state index contributed by atoms with van der Waals surface area (Å²) < 4.78 is 0. The predicted octanol–water partition coefficient (Wildman–Crippen LogP) is -0.0987. The second-order valence-electron chi connectivity index (χ2n) is 4.75. The standard InChI is InChI=1S/C10H18N4/c11-9-13-7-10(3-5-12-6-4-10)14(9)8-1-2-8/h8,12H,1-7H2,(H2,11,13). The zero-order valence-corrected chi connectivity index (χ0v) is 8.50. The molecule has 0 bridgehead atoms. The molecule has 0 aromatic carbocycles. The summed E-state index contributed by atoms with van der Waals surface area (Å²) in [5, 5.41) is 3.41. The van der Waals surface area contributed by atoms with Gasteiger partial charge in [0, 0.05) is 6.04 Å². The maximum absolute atomic E-state index is 5.98. The highest BCUT2D eigenvalue weighted by molar-refractivity contribution is 5.81. The first-order valence-corrected chi connectivity index (χ1v) is 5.62. The SMILES string of the molecule is NC1=NCC2(CCNCC2)N1C1CC1. The number of nitrogens with zero attached hydrogens (tertiary/aromatic N) is 2. The van der Waals surface area contributed by atoms with Gasteiger partial charge in [-0.25, -0.2) is 0 Å². The molecule has 1 saturated carbocycles. The summed E-state index contributed by atoms with van der Waals surface area (Å²) in [5.41, 5.74) is 6.27. The Labute approximate surface area is 84.6 Å². The highest BCUT2D eigenvalue weighted by atomic mass is 15.4. The summed E-state index contributed by atoms with van der Waals surface area (Å²) in [5.74, 6) is 0.800. The van der Waals surface area contributed by atoms with Gasteiger partial charge in [-0.15, -0.1) is 0 Å². The molecule has 1 spiro atoms. The molecule has 3 aliphatic rings. The molecule has 0 amide bonds. The van der Waals surface area contributed by atoms with Crippen LogP contribution in [0, 0.1) is 0 Å². The molecule has 3 rings (SSSR count). The molecule has 0 aromatic heterocycles. The minimum Gasteiger partial charge on any atom is -0.370 e. The fourth-order valence-electron chi connectivity index (χ4n) is 2.82. The molecule has 4 heteroatoms. The van der Waals surface area contributed by atoms with Crippen LogP contribution < -0.4 is 11.1 Å². The van der Waals surface area contributed by atoms with Crippen LogP contribution in [-0.4, -0.2) is 42.1 Å². The third-order valence-electron chi connectivity index (χ3n) is 3.74. The van der Waals surface area contributed by atoms with Gasteiger partial charge < -0.3 is 16.0 Å². The van der Waals surface area contributed by atoms with Crippen LogP contribution in [0.5, 0.6) is 0 Å². The van der Waals surface area contributed by atoms with Gasteiger partial charge in [0.05, 0.1) is 12.1 Å². The molecule has 1 aliphatic carbocycles. The second-order valence-corrected chi connectivity index (χ2v) is 4.75. The highest BCUT2D eigenvalue weighted by Crippen LogP contribution is 2.39. The number of hydrogen-bond acceptors (Lipinski definition) is 4. The lowest BCUT2D eigenvalue weighted by Gasteiger charge is -2.42. The Kier molecular flexibility index (Phi) is 1.74. The summed E-state index contributed by atoms with van der Waals surface area (Å²) in [6, 6.07) is 0.708. The van der Waals surface area contributed by atoms with E-state index in [1.54, 1.807) is 0 Å². The van der Waals surface area contributed by atoms with E-state index in [-0.39, 0.29) is 5.54 Å². The molecule has 0 aromatic rings. The average molecular weight is 194 g/mol. The van der Waals surface area contributed by atoms with Crippen molar-refractivity contribution in [2.24, 2.45) is 10.7 Å². The number of hydrogen-bond donors (Lipinski definition) is 2. The third kappa shape index (κ3) is 1.13. The Morgan fingerprint density at radius 2 is 2.07 bits per heavy atom. The van der Waals surface area contributed by atoms with Gasteiger partial charge in [-0.2, -0.15) is 0 Å². The number of guanidine groups is 1.